The Hall–Kier alpha value is -2.08. The Morgan fingerprint density at radius 1 is 1.48 bits per heavy atom. The van der Waals surface area contributed by atoms with Crippen molar-refractivity contribution in [2.24, 2.45) is 0 Å². The normalized spacial score (nSPS) is 10.7. The minimum Gasteiger partial charge on any atom is -0.489 e. The second-order valence-electron chi connectivity index (χ2n) is 4.76. The van der Waals surface area contributed by atoms with Crippen LogP contribution in [0.5, 0.6) is 5.75 Å². The van der Waals surface area contributed by atoms with Crippen LogP contribution >= 0.6 is 11.6 Å². The summed E-state index contributed by atoms with van der Waals surface area (Å²) < 4.78 is 7.23. The van der Waals surface area contributed by atoms with E-state index in [2.05, 4.69) is 27.4 Å². The maximum Gasteiger partial charge on any atom is 0.243 e. The van der Waals surface area contributed by atoms with Gasteiger partial charge in [0.1, 0.15) is 5.75 Å². The van der Waals surface area contributed by atoms with Crippen LogP contribution in [0.15, 0.2) is 30.9 Å². The third-order valence-corrected chi connectivity index (χ3v) is 2.94. The van der Waals surface area contributed by atoms with Crippen LogP contribution in [0, 0.1) is 0 Å². The fourth-order valence-electron chi connectivity index (χ4n) is 1.76. The number of rotatable bonds is 7. The molecule has 0 aliphatic rings. The van der Waals surface area contributed by atoms with E-state index in [0.29, 0.717) is 29.8 Å². The molecule has 0 saturated heterocycles. The van der Waals surface area contributed by atoms with Gasteiger partial charge in [-0.2, -0.15) is 0 Å². The molecule has 7 heteroatoms. The molecule has 1 aromatic carbocycles. The molecule has 0 aliphatic heterocycles. The Morgan fingerprint density at radius 2 is 2.29 bits per heavy atom. The highest BCUT2D eigenvalue weighted by atomic mass is 35.5. The topological polar surface area (TPSA) is 64.9 Å². The maximum absolute atomic E-state index is 6.20. The molecule has 0 aliphatic carbocycles. The zero-order valence-electron chi connectivity index (χ0n) is 12.1. The first-order valence-corrected chi connectivity index (χ1v) is 7.04. The van der Waals surface area contributed by atoms with Gasteiger partial charge in [-0.3, -0.25) is 0 Å². The highest BCUT2D eigenvalue weighted by Gasteiger charge is 2.07. The van der Waals surface area contributed by atoms with Gasteiger partial charge in [-0.1, -0.05) is 28.8 Å². The molecule has 0 amide bonds. The number of anilines is 1. The van der Waals surface area contributed by atoms with Crippen molar-refractivity contribution in [3.63, 3.8) is 0 Å². The summed E-state index contributed by atoms with van der Waals surface area (Å²) in [6.45, 7) is 8.71. The van der Waals surface area contributed by atoms with Crippen molar-refractivity contribution < 1.29 is 4.74 Å². The van der Waals surface area contributed by atoms with E-state index in [1.807, 2.05) is 32.0 Å². The largest absolute Gasteiger partial charge is 0.489 e. The molecular weight excluding hydrogens is 290 g/mol. The SMILES string of the molecule is C=CCn1nnnc1NCc1ccc(OC(C)C)c(Cl)c1. The van der Waals surface area contributed by atoms with E-state index in [1.54, 1.807) is 10.8 Å². The summed E-state index contributed by atoms with van der Waals surface area (Å²) in [6, 6.07) is 5.69. The number of ether oxygens (including phenoxy) is 1. The van der Waals surface area contributed by atoms with E-state index in [1.165, 1.54) is 0 Å². The highest BCUT2D eigenvalue weighted by Crippen LogP contribution is 2.26. The molecule has 0 unspecified atom stereocenters. The Labute approximate surface area is 128 Å². The van der Waals surface area contributed by atoms with Gasteiger partial charge >= 0.3 is 0 Å². The van der Waals surface area contributed by atoms with E-state index in [4.69, 9.17) is 16.3 Å². The average Bonchev–Trinajstić information content (AvgIpc) is 2.87. The summed E-state index contributed by atoms with van der Waals surface area (Å²) in [7, 11) is 0. The van der Waals surface area contributed by atoms with Crippen molar-refractivity contribution in [2.75, 3.05) is 5.32 Å². The van der Waals surface area contributed by atoms with E-state index in [9.17, 15) is 0 Å². The van der Waals surface area contributed by atoms with Gasteiger partial charge in [0.2, 0.25) is 5.95 Å². The van der Waals surface area contributed by atoms with Crippen LogP contribution in [0.3, 0.4) is 0 Å². The summed E-state index contributed by atoms with van der Waals surface area (Å²) in [6.07, 6.45) is 1.83. The molecule has 2 rings (SSSR count). The predicted octanol–water partition coefficient (Wildman–Crippen LogP) is 2.91. The van der Waals surface area contributed by atoms with Gasteiger partial charge in [-0.15, -0.1) is 6.58 Å². The molecule has 1 aromatic heterocycles. The minimum atomic E-state index is 0.0926. The number of benzene rings is 1. The lowest BCUT2D eigenvalue weighted by molar-refractivity contribution is 0.242. The second-order valence-corrected chi connectivity index (χ2v) is 5.17. The number of allylic oxidation sites excluding steroid dienone is 1. The van der Waals surface area contributed by atoms with Crippen molar-refractivity contribution in [2.45, 2.75) is 33.0 Å². The van der Waals surface area contributed by atoms with Crippen LogP contribution in [-0.4, -0.2) is 26.3 Å². The van der Waals surface area contributed by atoms with Crippen LogP contribution in [-0.2, 0) is 13.1 Å². The summed E-state index contributed by atoms with van der Waals surface area (Å²) in [5.41, 5.74) is 1.02. The zero-order valence-corrected chi connectivity index (χ0v) is 12.8. The Bertz CT molecular complexity index is 611. The summed E-state index contributed by atoms with van der Waals surface area (Å²) in [5, 5.41) is 15.1. The molecule has 0 atom stereocenters. The Balaban J connectivity index is 2.01. The molecule has 112 valence electrons. The van der Waals surface area contributed by atoms with E-state index in [-0.39, 0.29) is 6.10 Å². The second kappa shape index (κ2) is 7.08. The first-order chi connectivity index (χ1) is 10.1. The summed E-state index contributed by atoms with van der Waals surface area (Å²) >= 11 is 6.20. The third kappa shape index (κ3) is 4.19. The molecule has 1 heterocycles. The van der Waals surface area contributed by atoms with Crippen molar-refractivity contribution in [3.8, 4) is 5.75 Å². The van der Waals surface area contributed by atoms with E-state index < -0.39 is 0 Å². The molecule has 0 bridgehead atoms. The monoisotopic (exact) mass is 307 g/mol. The first-order valence-electron chi connectivity index (χ1n) is 6.66. The van der Waals surface area contributed by atoms with Crippen molar-refractivity contribution in [1.82, 2.24) is 20.2 Å². The van der Waals surface area contributed by atoms with Gasteiger partial charge in [0.05, 0.1) is 17.7 Å². The molecule has 0 fully saturated rings. The minimum absolute atomic E-state index is 0.0926. The van der Waals surface area contributed by atoms with Crippen LogP contribution in [0.2, 0.25) is 5.02 Å². The summed E-state index contributed by atoms with van der Waals surface area (Å²) in [4.78, 5) is 0. The number of hydrogen-bond acceptors (Lipinski definition) is 5. The van der Waals surface area contributed by atoms with E-state index >= 15 is 0 Å². The molecule has 1 N–H and O–H groups in total. The fraction of sp³-hybridized carbons (Fsp3) is 0.357. The Kier molecular flexibility index (Phi) is 5.16. The van der Waals surface area contributed by atoms with Crippen LogP contribution in [0.1, 0.15) is 19.4 Å². The number of halogens is 1. The van der Waals surface area contributed by atoms with Crippen molar-refractivity contribution in [1.29, 1.82) is 0 Å². The van der Waals surface area contributed by atoms with Crippen LogP contribution < -0.4 is 10.1 Å². The highest BCUT2D eigenvalue weighted by molar-refractivity contribution is 6.32. The number of tetrazole rings is 1. The fourth-order valence-corrected chi connectivity index (χ4v) is 2.01. The average molecular weight is 308 g/mol. The molecule has 6 nitrogen and oxygen atoms in total. The number of nitrogens with one attached hydrogen (secondary N) is 1. The van der Waals surface area contributed by atoms with Gasteiger partial charge in [-0.05, 0) is 42.0 Å². The van der Waals surface area contributed by atoms with Gasteiger partial charge < -0.3 is 10.1 Å². The lowest BCUT2D eigenvalue weighted by atomic mass is 10.2. The molecule has 0 saturated carbocycles. The molecule has 0 spiro atoms. The number of nitrogens with zero attached hydrogens (tertiary/aromatic N) is 4. The maximum atomic E-state index is 6.20. The van der Waals surface area contributed by atoms with Crippen molar-refractivity contribution >= 4 is 17.5 Å². The quantitative estimate of drug-likeness (QED) is 0.797. The lowest BCUT2D eigenvalue weighted by Gasteiger charge is -2.12. The molecule has 2 aromatic rings. The van der Waals surface area contributed by atoms with Gasteiger partial charge in [0, 0.05) is 6.54 Å². The first kappa shape index (κ1) is 15.3. The predicted molar refractivity (Wildman–Crippen MR) is 82.6 cm³/mol. The molecule has 21 heavy (non-hydrogen) atoms. The standard InChI is InChI=1S/C14H18ClN5O/c1-4-7-20-14(17-18-19-20)16-9-11-5-6-13(12(15)8-11)21-10(2)3/h4-6,8,10H,1,7,9H2,2-3H3,(H,16,17,19). The molecule has 0 radical (unpaired) electrons. The van der Waals surface area contributed by atoms with E-state index in [0.717, 1.165) is 5.56 Å². The summed E-state index contributed by atoms with van der Waals surface area (Å²) in [5.74, 6) is 1.28. The number of hydrogen-bond donors (Lipinski definition) is 1. The van der Waals surface area contributed by atoms with Crippen LogP contribution in [0.25, 0.3) is 0 Å². The van der Waals surface area contributed by atoms with Crippen molar-refractivity contribution in [3.05, 3.63) is 41.4 Å². The number of aromatic nitrogens is 4. The third-order valence-electron chi connectivity index (χ3n) is 2.64. The molecular formula is C14H18ClN5O. The smallest absolute Gasteiger partial charge is 0.243 e. The van der Waals surface area contributed by atoms with Gasteiger partial charge in [0.25, 0.3) is 0 Å². The van der Waals surface area contributed by atoms with Gasteiger partial charge in [0.15, 0.2) is 0 Å². The van der Waals surface area contributed by atoms with Gasteiger partial charge in [-0.25, -0.2) is 4.68 Å². The zero-order chi connectivity index (χ0) is 15.2. The Morgan fingerprint density at radius 3 is 2.95 bits per heavy atom. The van der Waals surface area contributed by atoms with Crippen LogP contribution in [0.4, 0.5) is 5.95 Å². The lowest BCUT2D eigenvalue weighted by Crippen LogP contribution is -2.09.